The molecule has 1 saturated heterocycles. The Balaban J connectivity index is 1.78. The lowest BCUT2D eigenvalue weighted by Gasteiger charge is -2.38. The molecular formula is C18H29N3O2. The van der Waals surface area contributed by atoms with Crippen LogP contribution in [0.15, 0.2) is 30.3 Å². The van der Waals surface area contributed by atoms with Crippen molar-refractivity contribution in [2.75, 3.05) is 38.8 Å². The Morgan fingerprint density at radius 3 is 2.61 bits per heavy atom. The summed E-state index contributed by atoms with van der Waals surface area (Å²) in [5.74, 6) is 0. The number of nitrogens with one attached hydrogen (secondary N) is 1. The zero-order chi connectivity index (χ0) is 16.7. The van der Waals surface area contributed by atoms with E-state index < -0.39 is 0 Å². The number of nitrogens with zero attached hydrogens (tertiary/aromatic N) is 2. The van der Waals surface area contributed by atoms with Gasteiger partial charge < -0.3 is 19.9 Å². The molecule has 0 bridgehead atoms. The van der Waals surface area contributed by atoms with Crippen molar-refractivity contribution < 1.29 is 9.53 Å². The van der Waals surface area contributed by atoms with E-state index in [9.17, 15) is 4.79 Å². The van der Waals surface area contributed by atoms with Gasteiger partial charge in [0.2, 0.25) is 0 Å². The molecule has 0 spiro atoms. The van der Waals surface area contributed by atoms with Crippen molar-refractivity contribution in [2.45, 2.75) is 38.3 Å². The van der Waals surface area contributed by atoms with Gasteiger partial charge in [-0.1, -0.05) is 18.2 Å². The fourth-order valence-electron chi connectivity index (χ4n) is 3.00. The molecule has 0 radical (unpaired) electrons. The van der Waals surface area contributed by atoms with Gasteiger partial charge in [0.05, 0.1) is 0 Å². The van der Waals surface area contributed by atoms with Crippen LogP contribution in [0.3, 0.4) is 0 Å². The maximum Gasteiger partial charge on any atom is 0.317 e. The number of ether oxygens (including phenoxy) is 1. The molecule has 2 amide bonds. The summed E-state index contributed by atoms with van der Waals surface area (Å²) in [5, 5.41) is 3.05. The number of hydrogen-bond acceptors (Lipinski definition) is 3. The van der Waals surface area contributed by atoms with Gasteiger partial charge in [-0.25, -0.2) is 4.79 Å². The van der Waals surface area contributed by atoms with E-state index in [1.165, 1.54) is 5.69 Å². The van der Waals surface area contributed by atoms with Crippen LogP contribution in [0.2, 0.25) is 0 Å². The Bertz CT molecular complexity index is 472. The summed E-state index contributed by atoms with van der Waals surface area (Å²) in [6.07, 6.45) is 2.85. The molecule has 1 heterocycles. The molecule has 1 aliphatic heterocycles. The Hall–Kier alpha value is -1.75. The lowest BCUT2D eigenvalue weighted by molar-refractivity contribution is 0.166. The molecule has 0 saturated carbocycles. The van der Waals surface area contributed by atoms with Crippen LogP contribution < -0.4 is 10.2 Å². The number of piperidine rings is 1. The second-order valence-electron chi connectivity index (χ2n) is 6.30. The molecule has 1 aromatic rings. The average molecular weight is 319 g/mol. The molecule has 1 aliphatic rings. The minimum Gasteiger partial charge on any atom is -0.385 e. The number of rotatable bonds is 6. The number of methoxy groups -OCH3 is 1. The number of carbonyl (C=O) groups excluding carboxylic acids is 1. The van der Waals surface area contributed by atoms with E-state index >= 15 is 0 Å². The average Bonchev–Trinajstić information content (AvgIpc) is 2.60. The van der Waals surface area contributed by atoms with Gasteiger partial charge in [0.1, 0.15) is 0 Å². The lowest BCUT2D eigenvalue weighted by atomic mass is 10.0. The molecule has 0 unspecified atom stereocenters. The van der Waals surface area contributed by atoms with Crippen LogP contribution in [-0.2, 0) is 4.74 Å². The maximum atomic E-state index is 12.3. The topological polar surface area (TPSA) is 44.8 Å². The third kappa shape index (κ3) is 5.13. The smallest absolute Gasteiger partial charge is 0.317 e. The van der Waals surface area contributed by atoms with Crippen molar-refractivity contribution in [1.82, 2.24) is 10.2 Å². The van der Waals surface area contributed by atoms with Crippen LogP contribution >= 0.6 is 0 Å². The number of hydrogen-bond donors (Lipinski definition) is 1. The van der Waals surface area contributed by atoms with E-state index in [1.54, 1.807) is 7.11 Å². The molecule has 0 aromatic heterocycles. The quantitative estimate of drug-likeness (QED) is 0.877. The first-order valence-corrected chi connectivity index (χ1v) is 8.44. The monoisotopic (exact) mass is 319 g/mol. The van der Waals surface area contributed by atoms with Crippen molar-refractivity contribution in [1.29, 1.82) is 0 Å². The first-order valence-electron chi connectivity index (χ1n) is 8.44. The van der Waals surface area contributed by atoms with Crippen LogP contribution in [0, 0.1) is 0 Å². The molecule has 2 rings (SSSR count). The van der Waals surface area contributed by atoms with E-state index in [0.717, 1.165) is 32.4 Å². The molecular weight excluding hydrogens is 290 g/mol. The number of carbonyl (C=O) groups is 1. The van der Waals surface area contributed by atoms with Gasteiger partial charge in [0, 0.05) is 51.6 Å². The molecule has 0 aliphatic carbocycles. The zero-order valence-electron chi connectivity index (χ0n) is 14.5. The molecule has 5 nitrogen and oxygen atoms in total. The van der Waals surface area contributed by atoms with Gasteiger partial charge in [-0.2, -0.15) is 0 Å². The Kier molecular flexibility index (Phi) is 6.71. The summed E-state index contributed by atoms with van der Waals surface area (Å²) in [7, 11) is 3.82. The normalized spacial score (nSPS) is 16.9. The van der Waals surface area contributed by atoms with Gasteiger partial charge in [0.25, 0.3) is 0 Å². The third-order valence-corrected chi connectivity index (χ3v) is 4.59. The molecule has 1 fully saturated rings. The Morgan fingerprint density at radius 1 is 1.35 bits per heavy atom. The van der Waals surface area contributed by atoms with E-state index in [2.05, 4.69) is 41.5 Å². The number of likely N-dealkylation sites (tertiary alicyclic amines) is 1. The Morgan fingerprint density at radius 2 is 2.00 bits per heavy atom. The van der Waals surface area contributed by atoms with Crippen molar-refractivity contribution in [3.63, 3.8) is 0 Å². The first kappa shape index (κ1) is 17.6. The van der Waals surface area contributed by atoms with Gasteiger partial charge in [-0.15, -0.1) is 0 Å². The summed E-state index contributed by atoms with van der Waals surface area (Å²) in [5.41, 5.74) is 1.24. The fraction of sp³-hybridized carbons (Fsp3) is 0.611. The minimum absolute atomic E-state index is 0.0504. The SMILES string of the molecule is COCC[C@@H](C)NC(=O)N1CCC(N(C)c2ccccc2)CC1. The summed E-state index contributed by atoms with van der Waals surface area (Å²) in [6, 6.07) is 11.1. The van der Waals surface area contributed by atoms with Gasteiger partial charge in [-0.05, 0) is 38.3 Å². The predicted molar refractivity (Wildman–Crippen MR) is 93.9 cm³/mol. The van der Waals surface area contributed by atoms with E-state index in [-0.39, 0.29) is 12.1 Å². The van der Waals surface area contributed by atoms with Gasteiger partial charge >= 0.3 is 6.03 Å². The van der Waals surface area contributed by atoms with E-state index in [4.69, 9.17) is 4.74 Å². The highest BCUT2D eigenvalue weighted by molar-refractivity contribution is 5.74. The standard InChI is InChI=1S/C18H29N3O2/c1-15(11-14-23-3)19-18(22)21-12-9-17(10-13-21)20(2)16-7-5-4-6-8-16/h4-8,15,17H,9-14H2,1-3H3,(H,19,22)/t15-/m1/s1. The largest absolute Gasteiger partial charge is 0.385 e. The number of anilines is 1. The van der Waals surface area contributed by atoms with Crippen molar-refractivity contribution in [2.24, 2.45) is 0 Å². The minimum atomic E-state index is 0.0504. The predicted octanol–water partition coefficient (Wildman–Crippen LogP) is 2.72. The Labute approximate surface area is 139 Å². The molecule has 1 aromatic carbocycles. The number of urea groups is 1. The van der Waals surface area contributed by atoms with Crippen LogP contribution in [0.5, 0.6) is 0 Å². The maximum absolute atomic E-state index is 12.3. The second kappa shape index (κ2) is 8.77. The summed E-state index contributed by atoms with van der Waals surface area (Å²) >= 11 is 0. The van der Waals surface area contributed by atoms with Gasteiger partial charge in [0.15, 0.2) is 0 Å². The summed E-state index contributed by atoms with van der Waals surface area (Å²) < 4.78 is 5.05. The molecule has 1 N–H and O–H groups in total. The second-order valence-corrected chi connectivity index (χ2v) is 6.30. The fourth-order valence-corrected chi connectivity index (χ4v) is 3.00. The van der Waals surface area contributed by atoms with Crippen LogP contribution in [0.1, 0.15) is 26.2 Å². The van der Waals surface area contributed by atoms with Gasteiger partial charge in [-0.3, -0.25) is 0 Å². The van der Waals surface area contributed by atoms with Crippen LogP contribution in [0.25, 0.3) is 0 Å². The molecule has 128 valence electrons. The highest BCUT2D eigenvalue weighted by atomic mass is 16.5. The van der Waals surface area contributed by atoms with E-state index in [0.29, 0.717) is 12.6 Å². The van der Waals surface area contributed by atoms with Crippen LogP contribution in [0.4, 0.5) is 10.5 Å². The number of para-hydroxylation sites is 1. The summed E-state index contributed by atoms with van der Waals surface area (Å²) in [6.45, 7) is 4.31. The molecule has 23 heavy (non-hydrogen) atoms. The third-order valence-electron chi connectivity index (χ3n) is 4.59. The first-order chi connectivity index (χ1) is 11.1. The highest BCUT2D eigenvalue weighted by Crippen LogP contribution is 2.21. The van der Waals surface area contributed by atoms with Crippen molar-refractivity contribution in [3.05, 3.63) is 30.3 Å². The zero-order valence-corrected chi connectivity index (χ0v) is 14.5. The number of benzene rings is 1. The van der Waals surface area contributed by atoms with Crippen molar-refractivity contribution in [3.8, 4) is 0 Å². The highest BCUT2D eigenvalue weighted by Gasteiger charge is 2.25. The van der Waals surface area contributed by atoms with Crippen LogP contribution in [-0.4, -0.2) is 56.9 Å². The van der Waals surface area contributed by atoms with E-state index in [1.807, 2.05) is 17.9 Å². The molecule has 1 atom stereocenters. The number of amides is 2. The summed E-state index contributed by atoms with van der Waals surface area (Å²) in [4.78, 5) is 16.5. The lowest BCUT2D eigenvalue weighted by Crippen LogP contribution is -2.50. The molecule has 5 heteroatoms. The van der Waals surface area contributed by atoms with Crippen molar-refractivity contribution >= 4 is 11.7 Å².